The summed E-state index contributed by atoms with van der Waals surface area (Å²) in [7, 11) is 0. The van der Waals surface area contributed by atoms with E-state index in [2.05, 4.69) is 0 Å². The number of benzene rings is 1. The van der Waals surface area contributed by atoms with Crippen LogP contribution in [0, 0.1) is 0 Å². The van der Waals surface area contributed by atoms with Crippen molar-refractivity contribution in [2.45, 2.75) is 45.4 Å². The summed E-state index contributed by atoms with van der Waals surface area (Å²) < 4.78 is 11.1. The third-order valence-electron chi connectivity index (χ3n) is 3.50. The first kappa shape index (κ1) is 15.6. The summed E-state index contributed by atoms with van der Waals surface area (Å²) >= 11 is 0. The summed E-state index contributed by atoms with van der Waals surface area (Å²) in [6, 6.07) is 7.85. The van der Waals surface area contributed by atoms with Gasteiger partial charge in [0.05, 0.1) is 6.10 Å². The molecule has 0 bridgehead atoms. The first-order valence-electron chi connectivity index (χ1n) is 7.49. The van der Waals surface area contributed by atoms with Gasteiger partial charge in [0.15, 0.2) is 0 Å². The molecular formula is C16H24N2O3. The summed E-state index contributed by atoms with van der Waals surface area (Å²) in [5.41, 5.74) is 6.66. The van der Waals surface area contributed by atoms with Crippen LogP contribution in [0.15, 0.2) is 24.3 Å². The minimum absolute atomic E-state index is 0.0764. The minimum Gasteiger partial charge on any atom is -0.490 e. The molecule has 1 aromatic rings. The van der Waals surface area contributed by atoms with Crippen LogP contribution in [0.3, 0.4) is 0 Å². The average Bonchev–Trinajstić information content (AvgIpc) is 2.48. The number of hydrogen-bond acceptors (Lipinski definition) is 4. The van der Waals surface area contributed by atoms with E-state index in [0.29, 0.717) is 19.6 Å². The highest BCUT2D eigenvalue weighted by Crippen LogP contribution is 2.20. The van der Waals surface area contributed by atoms with E-state index in [4.69, 9.17) is 15.2 Å². The molecule has 1 aliphatic rings. The van der Waals surface area contributed by atoms with E-state index in [-0.39, 0.29) is 18.3 Å². The predicted octanol–water partition coefficient (Wildman–Crippen LogP) is 2.53. The van der Waals surface area contributed by atoms with Crippen LogP contribution in [0.2, 0.25) is 0 Å². The first-order valence-corrected chi connectivity index (χ1v) is 7.49. The molecule has 0 atom stereocenters. The summed E-state index contributed by atoms with van der Waals surface area (Å²) in [5, 5.41) is 0. The van der Waals surface area contributed by atoms with Gasteiger partial charge in [-0.2, -0.15) is 0 Å². The van der Waals surface area contributed by atoms with Crippen molar-refractivity contribution < 1.29 is 14.3 Å². The number of amides is 1. The Balaban J connectivity index is 1.79. The Kier molecular flexibility index (Phi) is 5.44. The number of carbonyl (C=O) groups is 1. The van der Waals surface area contributed by atoms with Crippen molar-refractivity contribution in [3.8, 4) is 5.75 Å². The molecular weight excluding hydrogens is 268 g/mol. The Morgan fingerprint density at radius 2 is 1.90 bits per heavy atom. The van der Waals surface area contributed by atoms with E-state index < -0.39 is 0 Å². The molecule has 116 valence electrons. The molecule has 0 radical (unpaired) electrons. The van der Waals surface area contributed by atoms with Gasteiger partial charge in [-0.3, -0.25) is 0 Å². The van der Waals surface area contributed by atoms with Crippen LogP contribution in [0.4, 0.5) is 4.79 Å². The van der Waals surface area contributed by atoms with Gasteiger partial charge in [0.25, 0.3) is 0 Å². The number of likely N-dealkylation sites (tertiary alicyclic amines) is 1. The van der Waals surface area contributed by atoms with E-state index in [1.807, 2.05) is 38.1 Å². The number of nitrogens with zero attached hydrogens (tertiary/aromatic N) is 1. The molecule has 1 saturated heterocycles. The molecule has 1 heterocycles. The summed E-state index contributed by atoms with van der Waals surface area (Å²) in [6.45, 7) is 5.61. The van der Waals surface area contributed by atoms with Crippen molar-refractivity contribution in [1.29, 1.82) is 0 Å². The molecule has 1 amide bonds. The van der Waals surface area contributed by atoms with E-state index >= 15 is 0 Å². The number of piperidine rings is 1. The summed E-state index contributed by atoms with van der Waals surface area (Å²) in [4.78, 5) is 13.5. The van der Waals surface area contributed by atoms with Crippen molar-refractivity contribution in [1.82, 2.24) is 4.90 Å². The van der Waals surface area contributed by atoms with Gasteiger partial charge in [-0.15, -0.1) is 0 Å². The van der Waals surface area contributed by atoms with Crippen molar-refractivity contribution in [2.24, 2.45) is 5.73 Å². The number of hydrogen-bond donors (Lipinski definition) is 1. The predicted molar refractivity (Wildman–Crippen MR) is 81.2 cm³/mol. The van der Waals surface area contributed by atoms with Crippen molar-refractivity contribution >= 4 is 6.09 Å². The van der Waals surface area contributed by atoms with E-state index in [1.165, 1.54) is 0 Å². The van der Waals surface area contributed by atoms with Gasteiger partial charge in [0, 0.05) is 32.5 Å². The number of ether oxygens (including phenoxy) is 2. The van der Waals surface area contributed by atoms with Crippen LogP contribution in [0.5, 0.6) is 5.75 Å². The van der Waals surface area contributed by atoms with Gasteiger partial charge in [-0.05, 0) is 31.5 Å². The van der Waals surface area contributed by atoms with Crippen LogP contribution in [-0.4, -0.2) is 36.3 Å². The normalized spacial score (nSPS) is 16.1. The van der Waals surface area contributed by atoms with Gasteiger partial charge in [0.1, 0.15) is 11.9 Å². The SMILES string of the molecule is CC(C)OC(=O)N1CCC(Oc2ccc(CN)cc2)CC1. The zero-order valence-electron chi connectivity index (χ0n) is 12.7. The molecule has 0 spiro atoms. The molecule has 2 N–H and O–H groups in total. The minimum atomic E-state index is -0.226. The Morgan fingerprint density at radius 1 is 1.29 bits per heavy atom. The molecule has 5 heteroatoms. The second kappa shape index (κ2) is 7.31. The highest BCUT2D eigenvalue weighted by Gasteiger charge is 2.25. The fourth-order valence-corrected chi connectivity index (χ4v) is 2.33. The maximum absolute atomic E-state index is 11.8. The maximum Gasteiger partial charge on any atom is 0.410 e. The molecule has 0 saturated carbocycles. The third-order valence-corrected chi connectivity index (χ3v) is 3.50. The standard InChI is InChI=1S/C16H24N2O3/c1-12(2)20-16(19)18-9-7-15(8-10-18)21-14-5-3-13(11-17)4-6-14/h3-6,12,15H,7-11,17H2,1-2H3. The lowest BCUT2D eigenvalue weighted by Gasteiger charge is -2.32. The van der Waals surface area contributed by atoms with E-state index in [0.717, 1.165) is 24.2 Å². The van der Waals surface area contributed by atoms with Crippen LogP contribution >= 0.6 is 0 Å². The molecule has 0 unspecified atom stereocenters. The Labute approximate surface area is 126 Å². The van der Waals surface area contributed by atoms with Crippen molar-refractivity contribution in [3.05, 3.63) is 29.8 Å². The van der Waals surface area contributed by atoms with Gasteiger partial charge in [-0.1, -0.05) is 12.1 Å². The summed E-state index contributed by atoms with van der Waals surface area (Å²) in [5.74, 6) is 0.857. The smallest absolute Gasteiger partial charge is 0.410 e. The van der Waals surface area contributed by atoms with E-state index in [1.54, 1.807) is 4.90 Å². The lowest BCUT2D eigenvalue weighted by atomic mass is 10.1. The number of rotatable bonds is 4. The molecule has 0 aromatic heterocycles. The van der Waals surface area contributed by atoms with E-state index in [9.17, 15) is 4.79 Å². The van der Waals surface area contributed by atoms with Gasteiger partial charge in [0.2, 0.25) is 0 Å². The fraction of sp³-hybridized carbons (Fsp3) is 0.562. The molecule has 21 heavy (non-hydrogen) atoms. The Morgan fingerprint density at radius 3 is 2.43 bits per heavy atom. The van der Waals surface area contributed by atoms with Crippen LogP contribution < -0.4 is 10.5 Å². The summed E-state index contributed by atoms with van der Waals surface area (Å²) in [6.07, 6.45) is 1.50. The quantitative estimate of drug-likeness (QED) is 0.926. The molecule has 1 aromatic carbocycles. The van der Waals surface area contributed by atoms with Crippen LogP contribution in [0.25, 0.3) is 0 Å². The maximum atomic E-state index is 11.8. The molecule has 5 nitrogen and oxygen atoms in total. The molecule has 0 aliphatic carbocycles. The van der Waals surface area contributed by atoms with Gasteiger partial charge >= 0.3 is 6.09 Å². The fourth-order valence-electron chi connectivity index (χ4n) is 2.33. The topological polar surface area (TPSA) is 64.8 Å². The second-order valence-corrected chi connectivity index (χ2v) is 5.58. The highest BCUT2D eigenvalue weighted by molar-refractivity contribution is 5.67. The zero-order valence-corrected chi connectivity index (χ0v) is 12.7. The Hall–Kier alpha value is -1.75. The van der Waals surface area contributed by atoms with Gasteiger partial charge in [-0.25, -0.2) is 4.79 Å². The van der Waals surface area contributed by atoms with Crippen molar-refractivity contribution in [3.63, 3.8) is 0 Å². The monoisotopic (exact) mass is 292 g/mol. The lowest BCUT2D eigenvalue weighted by Crippen LogP contribution is -2.42. The van der Waals surface area contributed by atoms with Crippen LogP contribution in [-0.2, 0) is 11.3 Å². The molecule has 2 rings (SSSR count). The third kappa shape index (κ3) is 4.63. The largest absolute Gasteiger partial charge is 0.490 e. The molecule has 1 fully saturated rings. The Bertz CT molecular complexity index is 451. The second-order valence-electron chi connectivity index (χ2n) is 5.58. The average molecular weight is 292 g/mol. The molecule has 1 aliphatic heterocycles. The van der Waals surface area contributed by atoms with Crippen molar-refractivity contribution in [2.75, 3.05) is 13.1 Å². The zero-order chi connectivity index (χ0) is 15.2. The van der Waals surface area contributed by atoms with Gasteiger partial charge < -0.3 is 20.1 Å². The lowest BCUT2D eigenvalue weighted by molar-refractivity contribution is 0.0517. The first-order chi connectivity index (χ1) is 10.1. The number of nitrogens with two attached hydrogens (primary N) is 1. The number of carbonyl (C=O) groups excluding carboxylic acids is 1. The van der Waals surface area contributed by atoms with Crippen LogP contribution in [0.1, 0.15) is 32.3 Å². The highest BCUT2D eigenvalue weighted by atomic mass is 16.6.